The fraction of sp³-hybridized carbons (Fsp3) is 0.500. The SMILES string of the molecule is CC.COc1cc2c3c(cnc2c(Cl)c1Cl)CN(C(=O)COC1(CO)CC1)C3. The third kappa shape index (κ3) is 3.79. The Labute approximate surface area is 174 Å². The fourth-order valence-corrected chi connectivity index (χ4v) is 3.70. The molecule has 1 aliphatic heterocycles. The highest BCUT2D eigenvalue weighted by Gasteiger charge is 2.44. The Morgan fingerprint density at radius 3 is 2.61 bits per heavy atom. The van der Waals surface area contributed by atoms with Crippen LogP contribution in [0.25, 0.3) is 10.9 Å². The molecule has 8 heteroatoms. The Kier molecular flexibility index (Phi) is 6.34. The van der Waals surface area contributed by atoms with E-state index in [-0.39, 0.29) is 19.1 Å². The molecule has 0 spiro atoms. The summed E-state index contributed by atoms with van der Waals surface area (Å²) in [5.41, 5.74) is 2.05. The number of fused-ring (bicyclic) bond motifs is 3. The number of methoxy groups -OCH3 is 1. The monoisotopic (exact) mass is 426 g/mol. The maximum Gasteiger partial charge on any atom is 0.249 e. The number of aromatic nitrogens is 1. The quantitative estimate of drug-likeness (QED) is 0.782. The number of rotatable bonds is 5. The van der Waals surface area contributed by atoms with E-state index in [1.807, 2.05) is 19.9 Å². The number of aliphatic hydroxyl groups is 1. The summed E-state index contributed by atoms with van der Waals surface area (Å²) in [7, 11) is 1.53. The molecule has 1 aromatic carbocycles. The number of aliphatic hydroxyl groups excluding tert-OH is 1. The van der Waals surface area contributed by atoms with Crippen LogP contribution in [-0.4, -0.2) is 46.8 Å². The number of nitrogens with zero attached hydrogens (tertiary/aromatic N) is 2. The second-order valence-corrected chi connectivity index (χ2v) is 7.50. The summed E-state index contributed by atoms with van der Waals surface area (Å²) in [4.78, 5) is 18.6. The van der Waals surface area contributed by atoms with E-state index in [0.29, 0.717) is 34.4 Å². The molecular weight excluding hydrogens is 403 g/mol. The summed E-state index contributed by atoms with van der Waals surface area (Å²) in [6, 6.07) is 1.81. The number of hydrogen-bond donors (Lipinski definition) is 1. The van der Waals surface area contributed by atoms with Crippen molar-refractivity contribution < 1.29 is 19.4 Å². The van der Waals surface area contributed by atoms with Crippen LogP contribution in [0.4, 0.5) is 0 Å². The van der Waals surface area contributed by atoms with Gasteiger partial charge in [-0.05, 0) is 30.0 Å². The third-order valence-electron chi connectivity index (χ3n) is 5.09. The largest absolute Gasteiger partial charge is 0.495 e. The Bertz CT molecular complexity index is 900. The zero-order valence-electron chi connectivity index (χ0n) is 16.2. The van der Waals surface area contributed by atoms with Gasteiger partial charge < -0.3 is 19.5 Å². The summed E-state index contributed by atoms with van der Waals surface area (Å²) in [5.74, 6) is 0.368. The van der Waals surface area contributed by atoms with Crippen molar-refractivity contribution in [3.63, 3.8) is 0 Å². The molecule has 1 aliphatic carbocycles. The number of pyridine rings is 1. The normalized spacial score (nSPS) is 16.4. The van der Waals surface area contributed by atoms with Crippen LogP contribution in [-0.2, 0) is 22.6 Å². The number of carbonyl (C=O) groups excluding carboxylic acids is 1. The van der Waals surface area contributed by atoms with E-state index < -0.39 is 5.60 Å². The Morgan fingerprint density at radius 1 is 1.29 bits per heavy atom. The zero-order valence-corrected chi connectivity index (χ0v) is 17.7. The molecule has 1 saturated carbocycles. The van der Waals surface area contributed by atoms with Crippen molar-refractivity contribution in [2.75, 3.05) is 20.3 Å². The summed E-state index contributed by atoms with van der Waals surface area (Å²) in [6.45, 7) is 4.84. The van der Waals surface area contributed by atoms with Gasteiger partial charge in [-0.15, -0.1) is 0 Å². The molecule has 1 aromatic heterocycles. The minimum Gasteiger partial charge on any atom is -0.495 e. The molecule has 0 atom stereocenters. The number of carbonyl (C=O) groups is 1. The molecule has 1 fully saturated rings. The topological polar surface area (TPSA) is 71.9 Å². The van der Waals surface area contributed by atoms with Crippen LogP contribution < -0.4 is 4.74 Å². The standard InChI is InChI=1S/C18H18Cl2N2O4.C2H6/c1-25-13-4-11-12-7-22(14(24)8-26-18(9-23)2-3-18)6-10(12)5-21-17(11)16(20)15(13)19;1-2/h4-5,23H,2-3,6-9H2,1H3;1-2H3. The van der Waals surface area contributed by atoms with Gasteiger partial charge in [0.05, 0.1) is 29.9 Å². The minimum atomic E-state index is -0.506. The molecule has 2 aliphatic rings. The molecule has 0 radical (unpaired) electrons. The highest BCUT2D eigenvalue weighted by molar-refractivity contribution is 6.46. The maximum absolute atomic E-state index is 12.5. The molecule has 0 unspecified atom stereocenters. The number of benzene rings is 1. The van der Waals surface area contributed by atoms with Crippen LogP contribution in [0.3, 0.4) is 0 Å². The van der Waals surface area contributed by atoms with Gasteiger partial charge in [0.1, 0.15) is 17.4 Å². The van der Waals surface area contributed by atoms with Gasteiger partial charge in [-0.1, -0.05) is 37.0 Å². The average molecular weight is 427 g/mol. The van der Waals surface area contributed by atoms with Crippen molar-refractivity contribution in [1.82, 2.24) is 9.88 Å². The average Bonchev–Trinajstić information content (AvgIpc) is 3.38. The van der Waals surface area contributed by atoms with Crippen LogP contribution in [0.1, 0.15) is 37.8 Å². The van der Waals surface area contributed by atoms with Crippen molar-refractivity contribution in [3.05, 3.63) is 33.4 Å². The molecule has 1 amide bonds. The Balaban J connectivity index is 0.00000109. The van der Waals surface area contributed by atoms with Crippen molar-refractivity contribution >= 4 is 40.0 Å². The van der Waals surface area contributed by atoms with Crippen LogP contribution in [0.2, 0.25) is 10.0 Å². The van der Waals surface area contributed by atoms with E-state index >= 15 is 0 Å². The first-order valence-corrected chi connectivity index (χ1v) is 10.1. The summed E-state index contributed by atoms with van der Waals surface area (Å²) in [5, 5.41) is 10.8. The molecule has 28 heavy (non-hydrogen) atoms. The maximum atomic E-state index is 12.5. The molecule has 6 nitrogen and oxygen atoms in total. The predicted octanol–water partition coefficient (Wildman–Crippen LogP) is 3.96. The molecule has 2 heterocycles. The number of halogens is 2. The third-order valence-corrected chi connectivity index (χ3v) is 5.93. The summed E-state index contributed by atoms with van der Waals surface area (Å²) in [6.07, 6.45) is 3.33. The minimum absolute atomic E-state index is 0.0319. The highest BCUT2D eigenvalue weighted by Crippen LogP contribution is 2.41. The second kappa shape index (κ2) is 8.41. The van der Waals surface area contributed by atoms with Gasteiger partial charge in [-0.3, -0.25) is 9.78 Å². The lowest BCUT2D eigenvalue weighted by molar-refractivity contribution is -0.140. The van der Waals surface area contributed by atoms with E-state index in [0.717, 1.165) is 29.4 Å². The smallest absolute Gasteiger partial charge is 0.249 e. The lowest BCUT2D eigenvalue weighted by Gasteiger charge is -2.18. The molecular formula is C20H24Cl2N2O4. The number of ether oxygens (including phenoxy) is 2. The van der Waals surface area contributed by atoms with E-state index in [4.69, 9.17) is 32.7 Å². The van der Waals surface area contributed by atoms with Crippen molar-refractivity contribution in [3.8, 4) is 5.75 Å². The summed E-state index contributed by atoms with van der Waals surface area (Å²) < 4.78 is 10.9. The van der Waals surface area contributed by atoms with E-state index in [2.05, 4.69) is 4.98 Å². The van der Waals surface area contributed by atoms with Gasteiger partial charge in [0.2, 0.25) is 5.91 Å². The lowest BCUT2D eigenvalue weighted by Crippen LogP contribution is -2.32. The zero-order chi connectivity index (χ0) is 20.5. The fourth-order valence-electron chi connectivity index (χ4n) is 3.24. The van der Waals surface area contributed by atoms with Gasteiger partial charge in [0.15, 0.2) is 0 Å². The van der Waals surface area contributed by atoms with Crippen LogP contribution in [0, 0.1) is 0 Å². The highest BCUT2D eigenvalue weighted by atomic mass is 35.5. The number of hydrogen-bond acceptors (Lipinski definition) is 5. The van der Waals surface area contributed by atoms with Crippen molar-refractivity contribution in [2.45, 2.75) is 45.4 Å². The predicted molar refractivity (Wildman–Crippen MR) is 109 cm³/mol. The van der Waals surface area contributed by atoms with Gasteiger partial charge in [0.25, 0.3) is 0 Å². The van der Waals surface area contributed by atoms with Crippen molar-refractivity contribution in [1.29, 1.82) is 0 Å². The number of amides is 1. The second-order valence-electron chi connectivity index (χ2n) is 6.74. The Morgan fingerprint density at radius 2 is 2.00 bits per heavy atom. The van der Waals surface area contributed by atoms with E-state index in [9.17, 15) is 9.90 Å². The van der Waals surface area contributed by atoms with Gasteiger partial charge in [0, 0.05) is 24.7 Å². The van der Waals surface area contributed by atoms with E-state index in [1.165, 1.54) is 7.11 Å². The van der Waals surface area contributed by atoms with E-state index in [1.54, 1.807) is 11.1 Å². The first-order chi connectivity index (χ1) is 13.5. The van der Waals surface area contributed by atoms with Crippen LogP contribution in [0.15, 0.2) is 12.3 Å². The molecule has 1 N–H and O–H groups in total. The molecule has 4 rings (SSSR count). The molecule has 0 saturated heterocycles. The summed E-state index contributed by atoms with van der Waals surface area (Å²) >= 11 is 12.5. The molecule has 152 valence electrons. The lowest BCUT2D eigenvalue weighted by atomic mass is 10.1. The first kappa shape index (κ1) is 21.1. The van der Waals surface area contributed by atoms with Gasteiger partial charge >= 0.3 is 0 Å². The molecule has 2 aromatic rings. The van der Waals surface area contributed by atoms with Crippen molar-refractivity contribution in [2.24, 2.45) is 0 Å². The van der Waals surface area contributed by atoms with Gasteiger partial charge in [-0.25, -0.2) is 0 Å². The van der Waals surface area contributed by atoms with Gasteiger partial charge in [-0.2, -0.15) is 0 Å². The van der Waals surface area contributed by atoms with Crippen LogP contribution >= 0.6 is 23.2 Å². The molecule has 0 bridgehead atoms. The Hall–Kier alpha value is -1.60. The van der Waals surface area contributed by atoms with Crippen LogP contribution in [0.5, 0.6) is 5.75 Å². The first-order valence-electron chi connectivity index (χ1n) is 9.33.